The zero-order valence-electron chi connectivity index (χ0n) is 10.2. The van der Waals surface area contributed by atoms with E-state index in [1.165, 1.54) is 18.9 Å². The first-order valence-corrected chi connectivity index (χ1v) is 6.95. The maximum atomic E-state index is 11.8. The first-order valence-electron chi connectivity index (χ1n) is 6.16. The van der Waals surface area contributed by atoms with Gasteiger partial charge in [-0.1, -0.05) is 15.9 Å². The molecule has 0 radical (unpaired) electrons. The average molecular weight is 313 g/mol. The Labute approximate surface area is 115 Å². The fraction of sp³-hybridized carbons (Fsp3) is 0.462. The van der Waals surface area contributed by atoms with Crippen LogP contribution in [0.3, 0.4) is 0 Å². The second kappa shape index (κ2) is 6.20. The van der Waals surface area contributed by atoms with Gasteiger partial charge in [-0.05, 0) is 44.1 Å². The molecule has 0 saturated carbocycles. The molecule has 98 valence electrons. The van der Waals surface area contributed by atoms with Crippen molar-refractivity contribution < 1.29 is 9.90 Å². The van der Waals surface area contributed by atoms with E-state index in [0.29, 0.717) is 12.1 Å². The standard InChI is InChI=1S/C13H17BrN2O2/c14-10-3-4-11(12(17)9-10)13(18)15-5-8-16-6-1-2-7-16/h3-4,9,17H,1-2,5-8H2,(H,15,18). The molecule has 0 atom stereocenters. The number of rotatable bonds is 4. The van der Waals surface area contributed by atoms with E-state index in [2.05, 4.69) is 26.1 Å². The van der Waals surface area contributed by atoms with Crippen LogP contribution in [0.1, 0.15) is 23.2 Å². The van der Waals surface area contributed by atoms with Crippen LogP contribution in [0.4, 0.5) is 0 Å². The third kappa shape index (κ3) is 3.46. The summed E-state index contributed by atoms with van der Waals surface area (Å²) >= 11 is 3.24. The molecule has 1 aliphatic rings. The van der Waals surface area contributed by atoms with Crippen LogP contribution in [0.2, 0.25) is 0 Å². The molecule has 1 saturated heterocycles. The second-order valence-electron chi connectivity index (χ2n) is 4.47. The van der Waals surface area contributed by atoms with Crippen molar-refractivity contribution in [3.05, 3.63) is 28.2 Å². The number of nitrogens with zero attached hydrogens (tertiary/aromatic N) is 1. The molecule has 2 N–H and O–H groups in total. The van der Waals surface area contributed by atoms with Gasteiger partial charge in [0.1, 0.15) is 5.75 Å². The fourth-order valence-electron chi connectivity index (χ4n) is 2.13. The Hall–Kier alpha value is -1.07. The molecule has 1 heterocycles. The van der Waals surface area contributed by atoms with E-state index in [1.807, 2.05) is 0 Å². The van der Waals surface area contributed by atoms with Crippen LogP contribution in [-0.4, -0.2) is 42.1 Å². The minimum Gasteiger partial charge on any atom is -0.507 e. The predicted molar refractivity (Wildman–Crippen MR) is 73.8 cm³/mol. The third-order valence-electron chi connectivity index (χ3n) is 3.12. The van der Waals surface area contributed by atoms with Gasteiger partial charge in [-0.2, -0.15) is 0 Å². The molecule has 0 aliphatic carbocycles. The van der Waals surface area contributed by atoms with Gasteiger partial charge in [0.05, 0.1) is 5.56 Å². The Morgan fingerprint density at radius 2 is 2.11 bits per heavy atom. The largest absolute Gasteiger partial charge is 0.507 e. The Bertz CT molecular complexity index is 431. The van der Waals surface area contributed by atoms with Crippen molar-refractivity contribution in [2.75, 3.05) is 26.2 Å². The van der Waals surface area contributed by atoms with E-state index in [9.17, 15) is 9.90 Å². The van der Waals surface area contributed by atoms with E-state index in [0.717, 1.165) is 24.1 Å². The number of benzene rings is 1. The molecule has 4 nitrogen and oxygen atoms in total. The number of phenolic OH excluding ortho intramolecular Hbond substituents is 1. The van der Waals surface area contributed by atoms with E-state index >= 15 is 0 Å². The first kappa shape index (κ1) is 13.4. The topological polar surface area (TPSA) is 52.6 Å². The molecule has 0 spiro atoms. The normalized spacial score (nSPS) is 15.8. The molecule has 2 rings (SSSR count). The highest BCUT2D eigenvalue weighted by molar-refractivity contribution is 9.10. The van der Waals surface area contributed by atoms with Gasteiger partial charge in [-0.25, -0.2) is 0 Å². The van der Waals surface area contributed by atoms with Gasteiger partial charge in [-0.15, -0.1) is 0 Å². The zero-order valence-corrected chi connectivity index (χ0v) is 11.7. The molecule has 18 heavy (non-hydrogen) atoms. The molecular formula is C13H17BrN2O2. The van der Waals surface area contributed by atoms with Gasteiger partial charge in [0.2, 0.25) is 0 Å². The summed E-state index contributed by atoms with van der Waals surface area (Å²) in [5, 5.41) is 12.5. The van der Waals surface area contributed by atoms with Crippen molar-refractivity contribution in [3.8, 4) is 5.75 Å². The van der Waals surface area contributed by atoms with Gasteiger partial charge >= 0.3 is 0 Å². The van der Waals surface area contributed by atoms with Crippen molar-refractivity contribution in [1.29, 1.82) is 0 Å². The zero-order chi connectivity index (χ0) is 13.0. The van der Waals surface area contributed by atoms with Gasteiger partial charge in [-0.3, -0.25) is 4.79 Å². The van der Waals surface area contributed by atoms with Crippen LogP contribution in [0, 0.1) is 0 Å². The number of halogens is 1. The Morgan fingerprint density at radius 1 is 1.39 bits per heavy atom. The molecule has 0 aromatic heterocycles. The first-order chi connectivity index (χ1) is 8.66. The number of amides is 1. The maximum absolute atomic E-state index is 11.8. The minimum atomic E-state index is -0.223. The predicted octanol–water partition coefficient (Wildman–Crippen LogP) is 1.98. The summed E-state index contributed by atoms with van der Waals surface area (Å²) in [5.74, 6) is -0.220. The number of hydrogen-bond donors (Lipinski definition) is 2. The SMILES string of the molecule is O=C(NCCN1CCCC1)c1ccc(Br)cc1O. The summed E-state index contributed by atoms with van der Waals surface area (Å²) in [7, 11) is 0. The lowest BCUT2D eigenvalue weighted by atomic mass is 10.2. The number of aromatic hydroxyl groups is 1. The van der Waals surface area contributed by atoms with Gasteiger partial charge in [0, 0.05) is 17.6 Å². The van der Waals surface area contributed by atoms with Gasteiger partial charge in [0.25, 0.3) is 5.91 Å². The number of likely N-dealkylation sites (tertiary alicyclic amines) is 1. The summed E-state index contributed by atoms with van der Waals surface area (Å²) in [6.07, 6.45) is 2.50. The quantitative estimate of drug-likeness (QED) is 0.894. The van der Waals surface area contributed by atoms with Crippen molar-refractivity contribution in [2.45, 2.75) is 12.8 Å². The fourth-order valence-corrected chi connectivity index (χ4v) is 2.47. The number of carbonyl (C=O) groups is 1. The van der Waals surface area contributed by atoms with Crippen molar-refractivity contribution >= 4 is 21.8 Å². The third-order valence-corrected chi connectivity index (χ3v) is 3.61. The number of carbonyl (C=O) groups excluding carboxylic acids is 1. The van der Waals surface area contributed by atoms with E-state index < -0.39 is 0 Å². The molecule has 1 aliphatic heterocycles. The summed E-state index contributed by atoms with van der Waals surface area (Å²) in [5.41, 5.74) is 0.319. The van der Waals surface area contributed by atoms with Crippen LogP contribution in [0.25, 0.3) is 0 Å². The van der Waals surface area contributed by atoms with Crippen LogP contribution in [0.5, 0.6) is 5.75 Å². The number of nitrogens with one attached hydrogen (secondary N) is 1. The van der Waals surface area contributed by atoms with Gasteiger partial charge in [0.15, 0.2) is 0 Å². The highest BCUT2D eigenvalue weighted by Gasteiger charge is 2.13. The number of hydrogen-bond acceptors (Lipinski definition) is 3. The summed E-state index contributed by atoms with van der Waals surface area (Å²) < 4.78 is 0.758. The monoisotopic (exact) mass is 312 g/mol. The summed E-state index contributed by atoms with van der Waals surface area (Å²) in [6.45, 7) is 3.75. The lowest BCUT2D eigenvalue weighted by Gasteiger charge is -2.14. The highest BCUT2D eigenvalue weighted by atomic mass is 79.9. The molecule has 0 bridgehead atoms. The van der Waals surface area contributed by atoms with E-state index in [1.54, 1.807) is 12.1 Å². The van der Waals surface area contributed by atoms with Crippen LogP contribution < -0.4 is 5.32 Å². The summed E-state index contributed by atoms with van der Waals surface area (Å²) in [4.78, 5) is 14.2. The van der Waals surface area contributed by atoms with Crippen LogP contribution >= 0.6 is 15.9 Å². The molecular weight excluding hydrogens is 296 g/mol. The van der Waals surface area contributed by atoms with Crippen molar-refractivity contribution in [1.82, 2.24) is 10.2 Å². The van der Waals surface area contributed by atoms with E-state index in [-0.39, 0.29) is 11.7 Å². The molecule has 5 heteroatoms. The summed E-state index contributed by atoms with van der Waals surface area (Å²) in [6, 6.07) is 4.88. The second-order valence-corrected chi connectivity index (χ2v) is 5.38. The van der Waals surface area contributed by atoms with Crippen molar-refractivity contribution in [3.63, 3.8) is 0 Å². The molecule has 1 aromatic carbocycles. The lowest BCUT2D eigenvalue weighted by molar-refractivity contribution is 0.0947. The number of phenols is 1. The van der Waals surface area contributed by atoms with E-state index in [4.69, 9.17) is 0 Å². The Morgan fingerprint density at radius 3 is 2.78 bits per heavy atom. The molecule has 1 fully saturated rings. The highest BCUT2D eigenvalue weighted by Crippen LogP contribution is 2.21. The maximum Gasteiger partial charge on any atom is 0.255 e. The molecule has 1 aromatic rings. The molecule has 1 amide bonds. The Kier molecular flexibility index (Phi) is 4.60. The van der Waals surface area contributed by atoms with Crippen molar-refractivity contribution in [2.24, 2.45) is 0 Å². The van der Waals surface area contributed by atoms with Gasteiger partial charge < -0.3 is 15.3 Å². The smallest absolute Gasteiger partial charge is 0.255 e. The Balaban J connectivity index is 1.83. The molecule has 0 unspecified atom stereocenters. The average Bonchev–Trinajstić information content (AvgIpc) is 2.81. The lowest BCUT2D eigenvalue weighted by Crippen LogP contribution is -2.33. The van der Waals surface area contributed by atoms with Crippen LogP contribution in [-0.2, 0) is 0 Å². The van der Waals surface area contributed by atoms with Crippen LogP contribution in [0.15, 0.2) is 22.7 Å². The minimum absolute atomic E-state index is 0.00282.